The first-order valence-corrected chi connectivity index (χ1v) is 19.9. The van der Waals surface area contributed by atoms with Crippen LogP contribution < -0.4 is 0 Å². The van der Waals surface area contributed by atoms with Gasteiger partial charge in [-0.2, -0.15) is 10.5 Å². The van der Waals surface area contributed by atoms with E-state index in [4.69, 9.17) is 19.4 Å². The fourth-order valence-corrected chi connectivity index (χ4v) is 8.91. The van der Waals surface area contributed by atoms with E-state index < -0.39 is 0 Å². The molecule has 12 rings (SSSR count). The molecule has 0 fully saturated rings. The van der Waals surface area contributed by atoms with Crippen LogP contribution in [0.2, 0.25) is 0 Å². The standard InChI is InChI=1S/C53H29N7O/c54-30-32-19-20-36(31-55)46(29-32)60-43-18-10-8-16-41(43)48-45(60)28-26-39-38-25-27-44-47(49(38)61-50(39)48)40-15-7-9-17-42(40)59(44)37-23-21-35(22-24-37)53-57-51(33-11-3-1-4-12-33)56-52(58-53)34-13-5-2-6-14-34/h1-29H. The van der Waals surface area contributed by atoms with Crippen LogP contribution in [0.4, 0.5) is 0 Å². The molecule has 61 heavy (non-hydrogen) atoms. The third-order valence-electron chi connectivity index (χ3n) is 11.6. The predicted molar refractivity (Wildman–Crippen MR) is 242 cm³/mol. The lowest BCUT2D eigenvalue weighted by Gasteiger charge is -2.10. The van der Waals surface area contributed by atoms with Gasteiger partial charge in [0, 0.05) is 43.9 Å². The predicted octanol–water partition coefficient (Wildman–Crippen LogP) is 12.7. The van der Waals surface area contributed by atoms with Crippen LogP contribution in [0.15, 0.2) is 180 Å². The molecule has 0 unspecified atom stereocenters. The van der Waals surface area contributed by atoms with Crippen LogP contribution in [0, 0.1) is 22.7 Å². The molecule has 0 spiro atoms. The van der Waals surface area contributed by atoms with Crippen LogP contribution in [-0.4, -0.2) is 24.1 Å². The van der Waals surface area contributed by atoms with Gasteiger partial charge in [0.05, 0.1) is 55.7 Å². The van der Waals surface area contributed by atoms with Gasteiger partial charge in [-0.3, -0.25) is 0 Å². The van der Waals surface area contributed by atoms with Gasteiger partial charge in [0.25, 0.3) is 0 Å². The maximum atomic E-state index is 10.2. The van der Waals surface area contributed by atoms with Crippen molar-refractivity contribution in [2.45, 2.75) is 0 Å². The van der Waals surface area contributed by atoms with Crippen LogP contribution in [0.25, 0.3) is 111 Å². The summed E-state index contributed by atoms with van der Waals surface area (Å²) in [6.07, 6.45) is 0. The molecular formula is C53H29N7O. The minimum Gasteiger partial charge on any atom is -0.455 e. The fraction of sp³-hybridized carbons (Fsp3) is 0. The van der Waals surface area contributed by atoms with E-state index in [0.717, 1.165) is 87.9 Å². The van der Waals surface area contributed by atoms with Gasteiger partial charge in [-0.05, 0) is 78.9 Å². The van der Waals surface area contributed by atoms with Gasteiger partial charge in [0.2, 0.25) is 0 Å². The van der Waals surface area contributed by atoms with Crippen LogP contribution in [0.1, 0.15) is 11.1 Å². The molecule has 0 N–H and O–H groups in total. The third-order valence-corrected chi connectivity index (χ3v) is 11.6. The smallest absolute Gasteiger partial charge is 0.164 e. The summed E-state index contributed by atoms with van der Waals surface area (Å²) < 4.78 is 11.5. The maximum Gasteiger partial charge on any atom is 0.164 e. The van der Waals surface area contributed by atoms with E-state index >= 15 is 0 Å². The first-order valence-electron chi connectivity index (χ1n) is 19.9. The lowest BCUT2D eigenvalue weighted by Crippen LogP contribution is -2.00. The Kier molecular flexibility index (Phi) is 7.49. The highest BCUT2D eigenvalue weighted by molar-refractivity contribution is 6.29. The van der Waals surface area contributed by atoms with Crippen molar-refractivity contribution >= 4 is 65.6 Å². The van der Waals surface area contributed by atoms with Crippen molar-refractivity contribution in [2.75, 3.05) is 0 Å². The summed E-state index contributed by atoms with van der Waals surface area (Å²) >= 11 is 0. The van der Waals surface area contributed by atoms with Crippen molar-refractivity contribution in [1.82, 2.24) is 24.1 Å². The Morgan fingerprint density at radius 3 is 1.44 bits per heavy atom. The van der Waals surface area contributed by atoms with Gasteiger partial charge in [0.1, 0.15) is 17.2 Å². The molecule has 8 heteroatoms. The summed E-state index contributed by atoms with van der Waals surface area (Å²) in [5, 5.41) is 26.0. The van der Waals surface area contributed by atoms with Crippen molar-refractivity contribution in [3.05, 3.63) is 187 Å². The first kappa shape index (κ1) is 34.2. The number of nitriles is 2. The average molecular weight is 780 g/mol. The lowest BCUT2D eigenvalue weighted by atomic mass is 10.1. The normalized spacial score (nSPS) is 11.6. The number of rotatable bonds is 5. The number of hydrogen-bond acceptors (Lipinski definition) is 6. The lowest BCUT2D eigenvalue weighted by molar-refractivity contribution is 0.677. The molecule has 0 aliphatic carbocycles. The van der Waals surface area contributed by atoms with Crippen molar-refractivity contribution in [3.8, 4) is 57.7 Å². The monoisotopic (exact) mass is 779 g/mol. The van der Waals surface area contributed by atoms with E-state index in [0.29, 0.717) is 34.3 Å². The molecule has 0 radical (unpaired) electrons. The fourth-order valence-electron chi connectivity index (χ4n) is 8.91. The highest BCUT2D eigenvalue weighted by atomic mass is 16.3. The molecule has 0 saturated carbocycles. The molecule has 8 aromatic carbocycles. The summed E-state index contributed by atoms with van der Waals surface area (Å²) in [5.41, 5.74) is 10.8. The Morgan fingerprint density at radius 1 is 0.410 bits per heavy atom. The van der Waals surface area contributed by atoms with E-state index in [1.165, 1.54) is 0 Å². The summed E-state index contributed by atoms with van der Waals surface area (Å²) in [7, 11) is 0. The second-order valence-corrected chi connectivity index (χ2v) is 15.0. The van der Waals surface area contributed by atoms with Crippen molar-refractivity contribution < 1.29 is 4.42 Å². The molecule has 0 aliphatic rings. The number of aromatic nitrogens is 5. The van der Waals surface area contributed by atoms with Crippen molar-refractivity contribution in [2.24, 2.45) is 0 Å². The Labute approximate surface area is 348 Å². The molecule has 0 amide bonds. The topological polar surface area (TPSA) is 109 Å². The van der Waals surface area contributed by atoms with Crippen molar-refractivity contribution in [1.29, 1.82) is 10.5 Å². The molecule has 8 nitrogen and oxygen atoms in total. The minimum absolute atomic E-state index is 0.482. The number of fused-ring (bicyclic) bond motifs is 11. The Hall–Kier alpha value is -8.85. The zero-order chi connectivity index (χ0) is 40.6. The second kappa shape index (κ2) is 13.4. The van der Waals surface area contributed by atoms with Gasteiger partial charge in [0.15, 0.2) is 17.5 Å². The molecule has 0 aliphatic heterocycles. The third kappa shape index (κ3) is 5.20. The first-order chi connectivity index (χ1) is 30.2. The zero-order valence-electron chi connectivity index (χ0n) is 32.3. The van der Waals surface area contributed by atoms with E-state index in [2.05, 4.69) is 100 Å². The summed E-state index contributed by atoms with van der Waals surface area (Å²) in [6.45, 7) is 0. The molecular weight excluding hydrogens is 751 g/mol. The van der Waals surface area contributed by atoms with Gasteiger partial charge < -0.3 is 13.6 Å². The maximum absolute atomic E-state index is 10.2. The minimum atomic E-state index is 0.482. The van der Waals surface area contributed by atoms with Gasteiger partial charge >= 0.3 is 0 Å². The van der Waals surface area contributed by atoms with Crippen LogP contribution in [0.3, 0.4) is 0 Å². The van der Waals surface area contributed by atoms with E-state index in [-0.39, 0.29) is 0 Å². The molecule has 0 saturated heterocycles. The van der Waals surface area contributed by atoms with Crippen LogP contribution in [0.5, 0.6) is 0 Å². The molecule has 4 aromatic heterocycles. The number of hydrogen-bond donors (Lipinski definition) is 0. The summed E-state index contributed by atoms with van der Waals surface area (Å²) in [5.74, 6) is 1.83. The number of benzene rings is 8. The summed E-state index contributed by atoms with van der Waals surface area (Å²) in [6, 6.07) is 63.3. The average Bonchev–Trinajstić information content (AvgIpc) is 3.99. The quantitative estimate of drug-likeness (QED) is 0.172. The van der Waals surface area contributed by atoms with Crippen LogP contribution in [-0.2, 0) is 0 Å². The number of furan rings is 1. The van der Waals surface area contributed by atoms with E-state index in [1.807, 2.05) is 78.9 Å². The molecule has 12 aromatic rings. The zero-order valence-corrected chi connectivity index (χ0v) is 32.3. The highest BCUT2D eigenvalue weighted by Gasteiger charge is 2.23. The van der Waals surface area contributed by atoms with Crippen LogP contribution >= 0.6 is 0 Å². The number of nitrogens with zero attached hydrogens (tertiary/aromatic N) is 7. The van der Waals surface area contributed by atoms with Crippen molar-refractivity contribution in [3.63, 3.8) is 0 Å². The summed E-state index contributed by atoms with van der Waals surface area (Å²) in [4.78, 5) is 14.8. The number of para-hydroxylation sites is 2. The molecule has 282 valence electrons. The largest absolute Gasteiger partial charge is 0.455 e. The second-order valence-electron chi connectivity index (χ2n) is 15.0. The highest BCUT2D eigenvalue weighted by Crippen LogP contribution is 2.45. The Bertz CT molecular complexity index is 3770. The SMILES string of the molecule is N#Cc1ccc(C#N)c(-n2c3ccccc3c3c4oc5c(ccc6c5c5ccccc5n6-c5ccc(-c6nc(-c7ccccc7)nc(-c7ccccc7)n6)cc5)c4ccc32)c1. The van der Waals surface area contributed by atoms with E-state index in [9.17, 15) is 10.5 Å². The Balaban J connectivity index is 1.05. The van der Waals surface area contributed by atoms with E-state index in [1.54, 1.807) is 18.2 Å². The van der Waals surface area contributed by atoms with Gasteiger partial charge in [-0.15, -0.1) is 0 Å². The molecule has 0 bridgehead atoms. The van der Waals surface area contributed by atoms with Gasteiger partial charge in [-0.25, -0.2) is 15.0 Å². The Morgan fingerprint density at radius 2 is 0.902 bits per heavy atom. The van der Waals surface area contributed by atoms with Gasteiger partial charge in [-0.1, -0.05) is 97.1 Å². The molecule has 4 heterocycles. The molecule has 0 atom stereocenters.